The van der Waals surface area contributed by atoms with Gasteiger partial charge in [-0.05, 0) is 44.1 Å². The van der Waals surface area contributed by atoms with Crippen LogP contribution < -0.4 is 15.2 Å². The van der Waals surface area contributed by atoms with Crippen LogP contribution in [-0.2, 0) is 10.0 Å². The van der Waals surface area contributed by atoms with E-state index in [0.29, 0.717) is 11.0 Å². The van der Waals surface area contributed by atoms with Crippen LogP contribution in [0.25, 0.3) is 0 Å². The Labute approximate surface area is 130 Å². The third-order valence-corrected chi connectivity index (χ3v) is 6.57. The number of benzene rings is 1. The summed E-state index contributed by atoms with van der Waals surface area (Å²) in [4.78, 5) is 0.121. The number of thioether (sulfide) groups is 1. The lowest BCUT2D eigenvalue weighted by Crippen LogP contribution is -2.38. The number of ether oxygens (including phenoxy) is 1. The Hall–Kier alpha value is -0.920. The molecular weight excluding hydrogens is 308 g/mol. The number of nitrogens with one attached hydrogen (secondary N) is 1. The molecule has 0 spiro atoms. The van der Waals surface area contributed by atoms with E-state index >= 15 is 0 Å². The lowest BCUT2D eigenvalue weighted by atomic mass is 9.96. The zero-order valence-electron chi connectivity index (χ0n) is 12.3. The first kappa shape index (κ1) is 16.5. The van der Waals surface area contributed by atoms with Gasteiger partial charge in [-0.25, -0.2) is 13.1 Å². The monoisotopic (exact) mass is 330 g/mol. The van der Waals surface area contributed by atoms with E-state index in [1.807, 2.05) is 11.8 Å². The zero-order valence-corrected chi connectivity index (χ0v) is 14.0. The van der Waals surface area contributed by atoms with Crippen molar-refractivity contribution in [2.24, 2.45) is 0 Å². The summed E-state index contributed by atoms with van der Waals surface area (Å²) in [6.07, 6.45) is 5.95. The minimum atomic E-state index is -3.58. The van der Waals surface area contributed by atoms with Crippen LogP contribution in [0.3, 0.4) is 0 Å². The summed E-state index contributed by atoms with van der Waals surface area (Å²) < 4.78 is 32.7. The van der Waals surface area contributed by atoms with Gasteiger partial charge in [0.1, 0.15) is 10.6 Å². The maximum absolute atomic E-state index is 12.4. The number of sulfonamides is 1. The van der Waals surface area contributed by atoms with Gasteiger partial charge in [0.2, 0.25) is 10.0 Å². The molecule has 0 amide bonds. The molecule has 1 fully saturated rings. The normalized spacial score (nSPS) is 23.0. The van der Waals surface area contributed by atoms with Crippen molar-refractivity contribution in [3.8, 4) is 5.75 Å². The Morgan fingerprint density at radius 2 is 1.95 bits per heavy atom. The maximum atomic E-state index is 12.4. The van der Waals surface area contributed by atoms with Gasteiger partial charge in [0, 0.05) is 17.4 Å². The summed E-state index contributed by atoms with van der Waals surface area (Å²) in [6, 6.07) is 4.62. The van der Waals surface area contributed by atoms with Gasteiger partial charge in [0.05, 0.1) is 12.8 Å². The first-order valence-electron chi connectivity index (χ1n) is 6.95. The Morgan fingerprint density at radius 3 is 2.48 bits per heavy atom. The number of hydrogen-bond donors (Lipinski definition) is 2. The average molecular weight is 330 g/mol. The van der Waals surface area contributed by atoms with Gasteiger partial charge < -0.3 is 10.5 Å². The molecule has 21 heavy (non-hydrogen) atoms. The van der Waals surface area contributed by atoms with Crippen LogP contribution in [0.5, 0.6) is 5.75 Å². The summed E-state index contributed by atoms with van der Waals surface area (Å²) in [7, 11) is -2.06. The molecule has 0 bridgehead atoms. The molecule has 0 radical (unpaired) electrons. The molecule has 0 aromatic heterocycles. The molecule has 0 saturated heterocycles. The van der Waals surface area contributed by atoms with E-state index in [9.17, 15) is 8.42 Å². The second-order valence-corrected chi connectivity index (χ2v) is 8.05. The van der Waals surface area contributed by atoms with Crippen molar-refractivity contribution < 1.29 is 13.2 Å². The average Bonchev–Trinajstić information content (AvgIpc) is 2.47. The molecule has 1 aliphatic carbocycles. The second kappa shape index (κ2) is 6.89. The predicted octanol–water partition coefficient (Wildman–Crippen LogP) is 2.23. The lowest BCUT2D eigenvalue weighted by Gasteiger charge is -2.28. The van der Waals surface area contributed by atoms with Gasteiger partial charge in [-0.1, -0.05) is 0 Å². The maximum Gasteiger partial charge on any atom is 0.242 e. The van der Waals surface area contributed by atoms with Gasteiger partial charge in [0.25, 0.3) is 0 Å². The molecule has 0 heterocycles. The molecule has 7 heteroatoms. The van der Waals surface area contributed by atoms with Crippen LogP contribution in [0.1, 0.15) is 25.7 Å². The molecule has 5 nitrogen and oxygen atoms in total. The van der Waals surface area contributed by atoms with Crippen LogP contribution in [0.15, 0.2) is 23.1 Å². The van der Waals surface area contributed by atoms with E-state index in [-0.39, 0.29) is 16.6 Å². The van der Waals surface area contributed by atoms with Crippen molar-refractivity contribution in [1.29, 1.82) is 0 Å². The molecule has 0 aliphatic heterocycles. The molecule has 0 atom stereocenters. The summed E-state index contributed by atoms with van der Waals surface area (Å²) in [5.74, 6) is 0.548. The molecule has 1 aromatic carbocycles. The number of nitrogen functional groups attached to an aromatic ring is 1. The van der Waals surface area contributed by atoms with E-state index in [1.165, 1.54) is 19.2 Å². The Balaban J connectivity index is 2.08. The zero-order chi connectivity index (χ0) is 15.5. The number of rotatable bonds is 5. The molecule has 2 rings (SSSR count). The van der Waals surface area contributed by atoms with E-state index < -0.39 is 10.0 Å². The largest absolute Gasteiger partial charge is 0.497 e. The SMILES string of the molecule is COc1ccc(S(=O)(=O)NC2CCC(SC)CC2)c(N)c1. The topological polar surface area (TPSA) is 81.4 Å². The molecule has 0 unspecified atom stereocenters. The summed E-state index contributed by atoms with van der Waals surface area (Å²) >= 11 is 1.86. The van der Waals surface area contributed by atoms with Crippen molar-refractivity contribution in [3.63, 3.8) is 0 Å². The van der Waals surface area contributed by atoms with Crippen molar-refractivity contribution in [3.05, 3.63) is 18.2 Å². The van der Waals surface area contributed by atoms with Gasteiger partial charge in [-0.2, -0.15) is 11.8 Å². The van der Waals surface area contributed by atoms with Gasteiger partial charge in [0.15, 0.2) is 0 Å². The van der Waals surface area contributed by atoms with Crippen LogP contribution in [0, 0.1) is 0 Å². The fourth-order valence-corrected chi connectivity index (χ4v) is 4.76. The molecule has 118 valence electrons. The van der Waals surface area contributed by atoms with Crippen molar-refractivity contribution in [1.82, 2.24) is 4.72 Å². The van der Waals surface area contributed by atoms with E-state index in [1.54, 1.807) is 6.07 Å². The summed E-state index contributed by atoms with van der Waals surface area (Å²) in [5, 5.41) is 0.650. The minimum Gasteiger partial charge on any atom is -0.497 e. The Morgan fingerprint density at radius 1 is 1.29 bits per heavy atom. The molecule has 1 aromatic rings. The standard InChI is InChI=1S/C14H22N2O3S2/c1-19-11-5-8-14(13(15)9-11)21(17,18)16-10-3-6-12(20-2)7-4-10/h5,8-10,12,16H,3-4,6-7,15H2,1-2H3. The number of anilines is 1. The van der Waals surface area contributed by atoms with E-state index in [0.717, 1.165) is 25.7 Å². The Bertz CT molecular complexity index is 582. The van der Waals surface area contributed by atoms with Crippen LogP contribution >= 0.6 is 11.8 Å². The highest BCUT2D eigenvalue weighted by atomic mass is 32.2. The van der Waals surface area contributed by atoms with E-state index in [4.69, 9.17) is 10.5 Å². The number of hydrogen-bond acceptors (Lipinski definition) is 5. The number of methoxy groups -OCH3 is 1. The first-order chi connectivity index (χ1) is 9.96. The van der Waals surface area contributed by atoms with Crippen molar-refractivity contribution >= 4 is 27.5 Å². The quantitative estimate of drug-likeness (QED) is 0.809. The minimum absolute atomic E-state index is 0.0000910. The van der Waals surface area contributed by atoms with E-state index in [2.05, 4.69) is 11.0 Å². The second-order valence-electron chi connectivity index (χ2n) is 5.23. The number of nitrogens with two attached hydrogens (primary N) is 1. The predicted molar refractivity (Wildman–Crippen MR) is 87.3 cm³/mol. The molecule has 1 aliphatic rings. The Kier molecular flexibility index (Phi) is 5.40. The van der Waals surface area contributed by atoms with Crippen molar-refractivity contribution in [2.75, 3.05) is 19.1 Å². The molecular formula is C14H22N2O3S2. The third-order valence-electron chi connectivity index (χ3n) is 3.84. The summed E-state index contributed by atoms with van der Waals surface area (Å²) in [6.45, 7) is 0. The fourth-order valence-electron chi connectivity index (χ4n) is 2.60. The van der Waals surface area contributed by atoms with Crippen LogP contribution in [0.2, 0.25) is 0 Å². The lowest BCUT2D eigenvalue weighted by molar-refractivity contribution is 0.414. The van der Waals surface area contributed by atoms with Crippen LogP contribution in [0.4, 0.5) is 5.69 Å². The summed E-state index contributed by atoms with van der Waals surface area (Å²) in [5.41, 5.74) is 6.04. The highest BCUT2D eigenvalue weighted by molar-refractivity contribution is 7.99. The van der Waals surface area contributed by atoms with Crippen LogP contribution in [-0.4, -0.2) is 33.1 Å². The third kappa shape index (κ3) is 4.05. The van der Waals surface area contributed by atoms with Gasteiger partial charge >= 0.3 is 0 Å². The van der Waals surface area contributed by atoms with Gasteiger partial charge in [-0.3, -0.25) is 0 Å². The molecule has 1 saturated carbocycles. The highest BCUT2D eigenvalue weighted by Crippen LogP contribution is 2.29. The first-order valence-corrected chi connectivity index (χ1v) is 9.72. The smallest absolute Gasteiger partial charge is 0.242 e. The fraction of sp³-hybridized carbons (Fsp3) is 0.571. The van der Waals surface area contributed by atoms with Gasteiger partial charge in [-0.15, -0.1) is 0 Å². The van der Waals surface area contributed by atoms with Crippen molar-refractivity contribution in [2.45, 2.75) is 41.9 Å². The highest BCUT2D eigenvalue weighted by Gasteiger charge is 2.26. The molecule has 3 N–H and O–H groups in total.